The van der Waals surface area contributed by atoms with Crippen LogP contribution in [-0.4, -0.2) is 122 Å². The third kappa shape index (κ3) is 8.27. The van der Waals surface area contributed by atoms with Crippen LogP contribution < -0.4 is 10.6 Å². The SMILES string of the molecule is CC(O)C(=O)N(CC(O)CO)c1c(I)c(C(N)=O)c(I)c(C(=O)N(CC(O)CO)CC(O)CO)c1I. The monoisotopic (exact) mass is 851 g/mol. The second kappa shape index (κ2) is 15.2. The molecule has 0 heterocycles. The van der Waals surface area contributed by atoms with E-state index in [0.717, 1.165) is 9.80 Å². The predicted molar refractivity (Wildman–Crippen MR) is 152 cm³/mol. The number of primary amides is 1. The molecule has 0 radical (unpaired) electrons. The zero-order valence-electron chi connectivity index (χ0n) is 19.0. The van der Waals surface area contributed by atoms with E-state index in [9.17, 15) is 50.1 Å². The second-order valence-corrected chi connectivity index (χ2v) is 11.0. The Hall–Kier alpha value is -0.460. The Morgan fingerprint density at radius 3 is 1.58 bits per heavy atom. The number of benzene rings is 1. The molecule has 1 aromatic carbocycles. The normalized spacial score (nSPS) is 14.6. The first-order valence-electron chi connectivity index (χ1n) is 10.4. The van der Waals surface area contributed by atoms with Gasteiger partial charge in [-0.05, 0) is 74.7 Å². The van der Waals surface area contributed by atoms with Crippen molar-refractivity contribution in [2.75, 3.05) is 44.4 Å². The van der Waals surface area contributed by atoms with Crippen LogP contribution in [0.2, 0.25) is 0 Å². The molecule has 1 rings (SSSR count). The third-order valence-corrected chi connectivity index (χ3v) is 8.00. The fourth-order valence-corrected chi connectivity index (χ4v) is 7.84. The van der Waals surface area contributed by atoms with Gasteiger partial charge in [-0.3, -0.25) is 14.4 Å². The Kier molecular flexibility index (Phi) is 14.2. The number of carbonyl (C=O) groups excluding carboxylic acids is 3. The summed E-state index contributed by atoms with van der Waals surface area (Å²) in [6, 6.07) is 0. The van der Waals surface area contributed by atoms with Crippen molar-refractivity contribution >= 4 is 91.2 Å². The van der Waals surface area contributed by atoms with Gasteiger partial charge in [0, 0.05) is 16.7 Å². The molecule has 16 heteroatoms. The molecule has 0 aliphatic rings. The molecule has 0 saturated carbocycles. The topological polar surface area (TPSA) is 225 Å². The van der Waals surface area contributed by atoms with Crippen molar-refractivity contribution in [3.63, 3.8) is 0 Å². The number of nitrogens with two attached hydrogens (primary N) is 1. The molecule has 0 bridgehead atoms. The average Bonchev–Trinajstić information content (AvgIpc) is 2.81. The first kappa shape index (κ1) is 33.6. The van der Waals surface area contributed by atoms with Gasteiger partial charge in [0.1, 0.15) is 6.10 Å². The van der Waals surface area contributed by atoms with Gasteiger partial charge in [0.25, 0.3) is 17.7 Å². The Morgan fingerprint density at radius 1 is 0.778 bits per heavy atom. The summed E-state index contributed by atoms with van der Waals surface area (Å²) in [6.07, 6.45) is -5.75. The molecular weight excluding hydrogens is 823 g/mol. The summed E-state index contributed by atoms with van der Waals surface area (Å²) in [6.45, 7) is -2.31. The van der Waals surface area contributed by atoms with Gasteiger partial charge < -0.3 is 51.3 Å². The number of halogens is 3. The molecule has 0 aliphatic heterocycles. The van der Waals surface area contributed by atoms with Crippen LogP contribution >= 0.6 is 67.8 Å². The molecule has 4 atom stereocenters. The number of aliphatic hydroxyl groups is 7. The number of rotatable bonds is 13. The summed E-state index contributed by atoms with van der Waals surface area (Å²) in [5.74, 6) is -2.66. The van der Waals surface area contributed by atoms with Crippen LogP contribution in [0.1, 0.15) is 27.6 Å². The Morgan fingerprint density at radius 2 is 1.19 bits per heavy atom. The number of anilines is 1. The van der Waals surface area contributed by atoms with Gasteiger partial charge >= 0.3 is 0 Å². The van der Waals surface area contributed by atoms with Gasteiger partial charge in [0.05, 0.1) is 68.6 Å². The number of nitrogens with zero attached hydrogens (tertiary/aromatic N) is 2. The number of hydrogen-bond donors (Lipinski definition) is 8. The second-order valence-electron chi connectivity index (χ2n) is 7.75. The average molecular weight is 851 g/mol. The molecule has 9 N–H and O–H groups in total. The number of carbonyl (C=O) groups is 3. The van der Waals surface area contributed by atoms with E-state index in [4.69, 9.17) is 5.73 Å². The van der Waals surface area contributed by atoms with E-state index >= 15 is 0 Å². The van der Waals surface area contributed by atoms with E-state index in [0.29, 0.717) is 0 Å². The first-order chi connectivity index (χ1) is 16.7. The molecule has 0 aromatic heterocycles. The molecular formula is C20H28I3N3O10. The van der Waals surface area contributed by atoms with Gasteiger partial charge in [-0.1, -0.05) is 0 Å². The van der Waals surface area contributed by atoms with E-state index < -0.39 is 81.6 Å². The standard InChI is InChI=1S/C20H28I3N3O10/c1-8(30)19(35)26(4-11(33)7-29)17-15(22)12(18(24)34)14(21)13(16(17)23)20(36)25(2-9(31)5-27)3-10(32)6-28/h8-11,27-33H,2-7H2,1H3,(H2,24,34). The summed E-state index contributed by atoms with van der Waals surface area (Å²) in [4.78, 5) is 40.9. The van der Waals surface area contributed by atoms with Crippen LogP contribution in [0.3, 0.4) is 0 Å². The highest BCUT2D eigenvalue weighted by molar-refractivity contribution is 14.1. The lowest BCUT2D eigenvalue weighted by molar-refractivity contribution is -0.126. The van der Waals surface area contributed by atoms with E-state index in [-0.39, 0.29) is 27.5 Å². The van der Waals surface area contributed by atoms with Crippen LogP contribution in [0.25, 0.3) is 0 Å². The van der Waals surface area contributed by atoms with Crippen molar-refractivity contribution in [1.29, 1.82) is 0 Å². The summed E-state index contributed by atoms with van der Waals surface area (Å²) < 4.78 is 0.344. The highest BCUT2D eigenvalue weighted by Gasteiger charge is 2.35. The predicted octanol–water partition coefficient (Wildman–Crippen LogP) is -2.19. The van der Waals surface area contributed by atoms with Gasteiger partial charge in [-0.25, -0.2) is 0 Å². The summed E-state index contributed by atoms with van der Waals surface area (Å²) >= 11 is 5.21. The minimum atomic E-state index is -1.55. The number of aliphatic hydroxyl groups excluding tert-OH is 7. The lowest BCUT2D eigenvalue weighted by atomic mass is 10.0. The quantitative estimate of drug-likeness (QED) is 0.100. The largest absolute Gasteiger partial charge is 0.394 e. The maximum Gasteiger partial charge on any atom is 0.256 e. The lowest BCUT2D eigenvalue weighted by Crippen LogP contribution is -2.46. The van der Waals surface area contributed by atoms with Gasteiger partial charge in [0.15, 0.2) is 0 Å². The summed E-state index contributed by atoms with van der Waals surface area (Å²) in [7, 11) is 0. The molecule has 3 amide bonds. The molecule has 204 valence electrons. The van der Waals surface area contributed by atoms with Crippen molar-refractivity contribution in [2.24, 2.45) is 5.73 Å². The van der Waals surface area contributed by atoms with E-state index in [1.165, 1.54) is 6.92 Å². The first-order valence-corrected chi connectivity index (χ1v) is 13.6. The minimum absolute atomic E-state index is 0.0301. The Balaban J connectivity index is 3.96. The zero-order chi connectivity index (χ0) is 27.9. The summed E-state index contributed by atoms with van der Waals surface area (Å²) in [5, 5.41) is 67.7. The maximum absolute atomic E-state index is 13.7. The van der Waals surface area contributed by atoms with Crippen molar-refractivity contribution in [3.8, 4) is 0 Å². The van der Waals surface area contributed by atoms with Gasteiger partial charge in [0.2, 0.25) is 0 Å². The lowest BCUT2D eigenvalue weighted by Gasteiger charge is -2.32. The van der Waals surface area contributed by atoms with Gasteiger partial charge in [-0.2, -0.15) is 0 Å². The number of hydrogen-bond acceptors (Lipinski definition) is 10. The Bertz CT molecular complexity index is 954. The van der Waals surface area contributed by atoms with E-state index in [1.807, 2.05) is 0 Å². The molecule has 4 unspecified atom stereocenters. The van der Waals surface area contributed by atoms with E-state index in [2.05, 4.69) is 0 Å². The summed E-state index contributed by atoms with van der Waals surface area (Å²) in [5.41, 5.74) is 5.28. The van der Waals surface area contributed by atoms with Crippen LogP contribution in [-0.2, 0) is 4.79 Å². The smallest absolute Gasteiger partial charge is 0.256 e. The fraction of sp³-hybridized carbons (Fsp3) is 0.550. The van der Waals surface area contributed by atoms with Crippen molar-refractivity contribution < 1.29 is 50.1 Å². The molecule has 0 fully saturated rings. The van der Waals surface area contributed by atoms with Crippen LogP contribution in [0.5, 0.6) is 0 Å². The molecule has 13 nitrogen and oxygen atoms in total. The van der Waals surface area contributed by atoms with Crippen LogP contribution in [0, 0.1) is 10.7 Å². The molecule has 0 aliphatic carbocycles. The van der Waals surface area contributed by atoms with Crippen molar-refractivity contribution in [1.82, 2.24) is 4.90 Å². The number of amides is 3. The molecule has 0 spiro atoms. The fourth-order valence-electron chi connectivity index (χ4n) is 3.10. The highest BCUT2D eigenvalue weighted by atomic mass is 127. The highest BCUT2D eigenvalue weighted by Crippen LogP contribution is 2.39. The van der Waals surface area contributed by atoms with Crippen molar-refractivity contribution in [3.05, 3.63) is 21.8 Å². The Labute approximate surface area is 247 Å². The van der Waals surface area contributed by atoms with Crippen molar-refractivity contribution in [2.45, 2.75) is 31.3 Å². The molecule has 1 aromatic rings. The third-order valence-electron chi connectivity index (χ3n) is 4.82. The minimum Gasteiger partial charge on any atom is -0.394 e. The maximum atomic E-state index is 13.7. The zero-order valence-corrected chi connectivity index (χ0v) is 25.5. The molecule has 36 heavy (non-hydrogen) atoms. The van der Waals surface area contributed by atoms with Crippen LogP contribution in [0.15, 0.2) is 0 Å². The van der Waals surface area contributed by atoms with Gasteiger partial charge in [-0.15, -0.1) is 0 Å². The van der Waals surface area contributed by atoms with Crippen LogP contribution in [0.4, 0.5) is 5.69 Å². The molecule has 0 saturated heterocycles. The van der Waals surface area contributed by atoms with E-state index in [1.54, 1.807) is 67.8 Å².